The van der Waals surface area contributed by atoms with E-state index in [0.29, 0.717) is 17.4 Å². The Labute approximate surface area is 204 Å². The molecule has 3 atom stereocenters. The predicted molar refractivity (Wildman–Crippen MR) is 128 cm³/mol. The summed E-state index contributed by atoms with van der Waals surface area (Å²) < 4.78 is 41.5. The van der Waals surface area contributed by atoms with Gasteiger partial charge in [0.2, 0.25) is 5.91 Å². The van der Waals surface area contributed by atoms with E-state index >= 15 is 0 Å². The molecule has 0 radical (unpaired) electrons. The van der Waals surface area contributed by atoms with Gasteiger partial charge < -0.3 is 5.32 Å². The number of hydrogen-bond donors (Lipinski definition) is 1. The van der Waals surface area contributed by atoms with Crippen LogP contribution in [0.15, 0.2) is 47.6 Å². The molecule has 1 heterocycles. The zero-order valence-electron chi connectivity index (χ0n) is 19.2. The van der Waals surface area contributed by atoms with E-state index in [1.807, 2.05) is 0 Å². The van der Waals surface area contributed by atoms with Gasteiger partial charge in [-0.25, -0.2) is 4.98 Å². The maximum absolute atomic E-state index is 13.3. The molecule has 186 valence electrons. The first-order valence-corrected chi connectivity index (χ1v) is 12.3. The molecule has 35 heavy (non-hydrogen) atoms. The molecule has 0 bridgehead atoms. The molecule has 1 N–H and O–H groups in total. The monoisotopic (exact) mass is 506 g/mol. The standard InChI is InChI=1S/C24H25F3N4O3S/c1-14-5-3-8-19(15(14)2)28-22(32)13-35-23-29-20-12-18(31(33)34)9-10-21(20)30(23)17-7-4-6-16(11-17)24(25,26)27/h4,6-7,9-12,14-15,19H,3,5,8,13H2,1-2H3,(H,28,32)/t14-,15+,19+/m0/s1. The third-order valence-electron chi connectivity index (χ3n) is 6.64. The molecule has 1 saturated carbocycles. The second kappa shape index (κ2) is 9.88. The second-order valence-electron chi connectivity index (χ2n) is 8.94. The van der Waals surface area contributed by atoms with Crippen LogP contribution in [0.3, 0.4) is 0 Å². The number of alkyl halides is 3. The summed E-state index contributed by atoms with van der Waals surface area (Å²) in [5.41, 5.74) is -0.135. The largest absolute Gasteiger partial charge is 0.416 e. The average molecular weight is 507 g/mol. The summed E-state index contributed by atoms with van der Waals surface area (Å²) in [5, 5.41) is 14.6. The van der Waals surface area contributed by atoms with Gasteiger partial charge in [-0.1, -0.05) is 44.5 Å². The van der Waals surface area contributed by atoms with Gasteiger partial charge in [-0.05, 0) is 42.5 Å². The number of nitrogens with one attached hydrogen (secondary N) is 1. The number of non-ortho nitro benzene ring substituents is 1. The van der Waals surface area contributed by atoms with Crippen molar-refractivity contribution in [3.05, 3.63) is 58.1 Å². The summed E-state index contributed by atoms with van der Waals surface area (Å²) in [7, 11) is 0. The highest BCUT2D eigenvalue weighted by molar-refractivity contribution is 7.99. The molecule has 7 nitrogen and oxygen atoms in total. The fourth-order valence-electron chi connectivity index (χ4n) is 4.49. The molecule has 2 aromatic carbocycles. The molecule has 0 aliphatic heterocycles. The van der Waals surface area contributed by atoms with E-state index in [1.54, 1.807) is 0 Å². The first-order valence-electron chi connectivity index (χ1n) is 11.3. The van der Waals surface area contributed by atoms with Crippen LogP contribution in [0.25, 0.3) is 16.7 Å². The van der Waals surface area contributed by atoms with Crippen molar-refractivity contribution in [3.63, 3.8) is 0 Å². The topological polar surface area (TPSA) is 90.1 Å². The predicted octanol–water partition coefficient (Wildman–Crippen LogP) is 5.99. The Morgan fingerprint density at radius 1 is 1.23 bits per heavy atom. The smallest absolute Gasteiger partial charge is 0.352 e. The summed E-state index contributed by atoms with van der Waals surface area (Å²) in [6.07, 6.45) is -1.44. The molecule has 3 aromatic rings. The van der Waals surface area contributed by atoms with Gasteiger partial charge in [0.05, 0.1) is 27.3 Å². The number of aromatic nitrogens is 2. The van der Waals surface area contributed by atoms with Gasteiger partial charge >= 0.3 is 6.18 Å². The van der Waals surface area contributed by atoms with Crippen LogP contribution in [0, 0.1) is 22.0 Å². The Hall–Kier alpha value is -3.08. The lowest BCUT2D eigenvalue weighted by Crippen LogP contribution is -2.44. The van der Waals surface area contributed by atoms with Crippen LogP contribution >= 0.6 is 11.8 Å². The molecule has 1 aliphatic carbocycles. The van der Waals surface area contributed by atoms with Gasteiger partial charge in [-0.3, -0.25) is 19.5 Å². The van der Waals surface area contributed by atoms with Gasteiger partial charge in [0, 0.05) is 23.9 Å². The lowest BCUT2D eigenvalue weighted by Gasteiger charge is -2.34. The number of imidazole rings is 1. The number of amides is 1. The normalized spacial score (nSPS) is 20.7. The molecule has 0 unspecified atom stereocenters. The van der Waals surface area contributed by atoms with Crippen LogP contribution < -0.4 is 5.32 Å². The Balaban J connectivity index is 1.65. The Morgan fingerprint density at radius 3 is 2.71 bits per heavy atom. The Bertz CT molecular complexity index is 1260. The number of hydrogen-bond acceptors (Lipinski definition) is 5. The minimum Gasteiger partial charge on any atom is -0.352 e. The van der Waals surface area contributed by atoms with Crippen LogP contribution in [-0.2, 0) is 11.0 Å². The van der Waals surface area contributed by atoms with Gasteiger partial charge in [-0.2, -0.15) is 13.2 Å². The highest BCUT2D eigenvalue weighted by atomic mass is 32.2. The molecule has 1 aromatic heterocycles. The van der Waals surface area contributed by atoms with E-state index in [1.165, 1.54) is 34.9 Å². The van der Waals surface area contributed by atoms with Crippen molar-refractivity contribution in [1.82, 2.24) is 14.9 Å². The average Bonchev–Trinajstić information content (AvgIpc) is 3.18. The molecule has 4 rings (SSSR count). The van der Waals surface area contributed by atoms with E-state index in [9.17, 15) is 28.1 Å². The summed E-state index contributed by atoms with van der Waals surface area (Å²) in [4.78, 5) is 27.8. The van der Waals surface area contributed by atoms with Crippen LogP contribution in [-0.4, -0.2) is 32.2 Å². The maximum Gasteiger partial charge on any atom is 0.416 e. The van der Waals surface area contributed by atoms with Gasteiger partial charge in [0.25, 0.3) is 5.69 Å². The minimum absolute atomic E-state index is 0.0159. The highest BCUT2D eigenvalue weighted by Crippen LogP contribution is 2.34. The van der Waals surface area contributed by atoms with Gasteiger partial charge in [-0.15, -0.1) is 0 Å². The summed E-state index contributed by atoms with van der Waals surface area (Å²) >= 11 is 1.08. The van der Waals surface area contributed by atoms with Gasteiger partial charge in [0.15, 0.2) is 5.16 Å². The van der Waals surface area contributed by atoms with E-state index in [-0.39, 0.29) is 39.7 Å². The number of halogens is 3. The van der Waals surface area contributed by atoms with Crippen LogP contribution in [0.2, 0.25) is 0 Å². The van der Waals surface area contributed by atoms with E-state index < -0.39 is 16.7 Å². The summed E-state index contributed by atoms with van der Waals surface area (Å²) in [6, 6.07) is 8.86. The summed E-state index contributed by atoms with van der Waals surface area (Å²) in [5.74, 6) is 0.701. The van der Waals surface area contributed by atoms with Crippen molar-refractivity contribution in [2.45, 2.75) is 50.5 Å². The van der Waals surface area contributed by atoms with E-state index in [2.05, 4.69) is 24.1 Å². The Morgan fingerprint density at radius 2 is 2.00 bits per heavy atom. The molecule has 0 saturated heterocycles. The minimum atomic E-state index is -4.54. The van der Waals surface area contributed by atoms with E-state index in [4.69, 9.17) is 0 Å². The lowest BCUT2D eigenvalue weighted by molar-refractivity contribution is -0.384. The maximum atomic E-state index is 13.3. The number of benzene rings is 2. The fraction of sp³-hybridized carbons (Fsp3) is 0.417. The lowest BCUT2D eigenvalue weighted by atomic mass is 9.78. The molecule has 1 aliphatic rings. The number of fused-ring (bicyclic) bond motifs is 1. The fourth-order valence-corrected chi connectivity index (χ4v) is 5.33. The zero-order valence-corrected chi connectivity index (χ0v) is 20.0. The number of carbonyl (C=O) groups is 1. The number of nitro groups is 1. The van der Waals surface area contributed by atoms with Crippen LogP contribution in [0.5, 0.6) is 0 Å². The van der Waals surface area contributed by atoms with Crippen molar-refractivity contribution in [3.8, 4) is 5.69 Å². The number of carbonyl (C=O) groups excluding carboxylic acids is 1. The third kappa shape index (κ3) is 5.44. The van der Waals surface area contributed by atoms with Crippen LogP contribution in [0.4, 0.5) is 18.9 Å². The molecule has 1 amide bonds. The van der Waals surface area contributed by atoms with Crippen molar-refractivity contribution >= 4 is 34.4 Å². The van der Waals surface area contributed by atoms with Gasteiger partial charge in [0.1, 0.15) is 0 Å². The number of rotatable bonds is 6. The molecule has 11 heteroatoms. The van der Waals surface area contributed by atoms with Crippen molar-refractivity contribution in [2.75, 3.05) is 5.75 Å². The molecular formula is C24H25F3N4O3S. The van der Waals surface area contributed by atoms with Crippen molar-refractivity contribution < 1.29 is 22.9 Å². The van der Waals surface area contributed by atoms with E-state index in [0.717, 1.165) is 43.2 Å². The molecule has 1 fully saturated rings. The first-order chi connectivity index (χ1) is 16.5. The van der Waals surface area contributed by atoms with Crippen molar-refractivity contribution in [2.24, 2.45) is 11.8 Å². The molecular weight excluding hydrogens is 481 g/mol. The zero-order chi connectivity index (χ0) is 25.3. The SMILES string of the molecule is C[C@@H]1[C@@H](C)CCC[C@H]1NC(=O)CSc1nc2cc([N+](=O)[O-])ccc2n1-c1cccc(C(F)(F)F)c1. The number of thioether (sulfide) groups is 1. The number of nitro benzene ring substituents is 1. The second-order valence-corrected chi connectivity index (χ2v) is 9.88. The Kier molecular flexibility index (Phi) is 7.07. The first kappa shape index (κ1) is 25.0. The highest BCUT2D eigenvalue weighted by Gasteiger charge is 2.31. The van der Waals surface area contributed by atoms with Crippen LogP contribution in [0.1, 0.15) is 38.7 Å². The number of nitrogens with zero attached hydrogens (tertiary/aromatic N) is 3. The van der Waals surface area contributed by atoms with Crippen molar-refractivity contribution in [1.29, 1.82) is 0 Å². The quantitative estimate of drug-likeness (QED) is 0.252. The molecule has 0 spiro atoms. The third-order valence-corrected chi connectivity index (χ3v) is 7.57. The summed E-state index contributed by atoms with van der Waals surface area (Å²) in [6.45, 7) is 4.30.